The Morgan fingerprint density at radius 3 is 2.55 bits per heavy atom. The number of rotatable bonds is 4. The van der Waals surface area contributed by atoms with Gasteiger partial charge in [-0.3, -0.25) is 4.79 Å². The van der Waals surface area contributed by atoms with Crippen LogP contribution in [0.2, 0.25) is 10.0 Å². The quantitative estimate of drug-likeness (QED) is 0.881. The standard InChI is InChI=1S/C17H15Cl2NO2/c1-22-15-6-5-13(10-14(15)19)20-16(21)17(7-8-17)11-3-2-4-12(18)9-11/h2-6,9-10H,7-8H2,1H3,(H,20,21). The Bertz CT molecular complexity index is 726. The summed E-state index contributed by atoms with van der Waals surface area (Å²) in [5.74, 6) is 0.548. The van der Waals surface area contributed by atoms with Crippen molar-refractivity contribution in [3.8, 4) is 5.75 Å². The molecule has 1 aliphatic carbocycles. The van der Waals surface area contributed by atoms with Gasteiger partial charge in [-0.2, -0.15) is 0 Å². The number of ether oxygens (including phenoxy) is 1. The summed E-state index contributed by atoms with van der Waals surface area (Å²) >= 11 is 12.1. The van der Waals surface area contributed by atoms with Crippen LogP contribution in [-0.2, 0) is 10.2 Å². The first kappa shape index (κ1) is 15.2. The summed E-state index contributed by atoms with van der Waals surface area (Å²) in [5, 5.41) is 4.04. The molecule has 1 fully saturated rings. The van der Waals surface area contributed by atoms with E-state index < -0.39 is 5.41 Å². The minimum Gasteiger partial charge on any atom is -0.495 e. The summed E-state index contributed by atoms with van der Waals surface area (Å²) < 4.78 is 5.11. The molecule has 0 unspecified atom stereocenters. The van der Waals surface area contributed by atoms with Crippen LogP contribution in [-0.4, -0.2) is 13.0 Å². The van der Waals surface area contributed by atoms with Gasteiger partial charge in [0.15, 0.2) is 0 Å². The molecule has 1 saturated carbocycles. The minimum atomic E-state index is -0.475. The molecule has 22 heavy (non-hydrogen) atoms. The van der Waals surface area contributed by atoms with Crippen molar-refractivity contribution in [2.45, 2.75) is 18.3 Å². The van der Waals surface area contributed by atoms with Gasteiger partial charge < -0.3 is 10.1 Å². The summed E-state index contributed by atoms with van der Waals surface area (Å²) in [5.41, 5.74) is 1.14. The van der Waals surface area contributed by atoms with Crippen molar-refractivity contribution in [2.75, 3.05) is 12.4 Å². The van der Waals surface area contributed by atoms with Gasteiger partial charge in [0.2, 0.25) is 5.91 Å². The highest BCUT2D eigenvalue weighted by molar-refractivity contribution is 6.32. The zero-order chi connectivity index (χ0) is 15.7. The number of anilines is 1. The Hall–Kier alpha value is -1.71. The van der Waals surface area contributed by atoms with Crippen LogP contribution in [0.1, 0.15) is 18.4 Å². The number of benzene rings is 2. The maximum Gasteiger partial charge on any atom is 0.235 e. The average molecular weight is 336 g/mol. The lowest BCUT2D eigenvalue weighted by molar-refractivity contribution is -0.118. The van der Waals surface area contributed by atoms with Crippen LogP contribution in [0.25, 0.3) is 0 Å². The largest absolute Gasteiger partial charge is 0.495 e. The highest BCUT2D eigenvalue weighted by Gasteiger charge is 2.51. The van der Waals surface area contributed by atoms with Crippen LogP contribution in [0.4, 0.5) is 5.69 Å². The third-order valence-electron chi connectivity index (χ3n) is 3.97. The summed E-state index contributed by atoms with van der Waals surface area (Å²) in [6.07, 6.45) is 1.64. The third-order valence-corrected chi connectivity index (χ3v) is 4.50. The number of amides is 1. The van der Waals surface area contributed by atoms with Crippen LogP contribution in [0.15, 0.2) is 42.5 Å². The van der Waals surface area contributed by atoms with Crippen LogP contribution < -0.4 is 10.1 Å². The molecule has 0 saturated heterocycles. The predicted octanol–water partition coefficient (Wildman–Crippen LogP) is 4.67. The molecule has 2 aromatic carbocycles. The molecule has 0 bridgehead atoms. The third kappa shape index (κ3) is 2.79. The Morgan fingerprint density at radius 2 is 1.95 bits per heavy atom. The summed E-state index contributed by atoms with van der Waals surface area (Å²) in [6, 6.07) is 12.7. The lowest BCUT2D eigenvalue weighted by Gasteiger charge is -2.16. The van der Waals surface area contributed by atoms with Gasteiger partial charge >= 0.3 is 0 Å². The van der Waals surface area contributed by atoms with Crippen LogP contribution in [0, 0.1) is 0 Å². The van der Waals surface area contributed by atoms with E-state index in [0.717, 1.165) is 18.4 Å². The molecule has 0 radical (unpaired) electrons. The van der Waals surface area contributed by atoms with E-state index in [0.29, 0.717) is 21.5 Å². The van der Waals surface area contributed by atoms with E-state index in [2.05, 4.69) is 5.32 Å². The summed E-state index contributed by atoms with van der Waals surface area (Å²) in [6.45, 7) is 0. The second kappa shape index (κ2) is 5.82. The Labute approximate surface area is 139 Å². The number of carbonyl (C=O) groups is 1. The van der Waals surface area contributed by atoms with Gasteiger partial charge in [-0.25, -0.2) is 0 Å². The van der Waals surface area contributed by atoms with Gasteiger partial charge in [-0.15, -0.1) is 0 Å². The van der Waals surface area contributed by atoms with E-state index in [9.17, 15) is 4.79 Å². The lowest BCUT2D eigenvalue weighted by Crippen LogP contribution is -2.27. The van der Waals surface area contributed by atoms with Gasteiger partial charge in [-0.1, -0.05) is 35.3 Å². The molecule has 1 amide bonds. The SMILES string of the molecule is COc1ccc(NC(=O)C2(c3cccc(Cl)c3)CC2)cc1Cl. The normalized spacial score (nSPS) is 15.2. The van der Waals surface area contributed by atoms with Crippen molar-refractivity contribution < 1.29 is 9.53 Å². The number of methoxy groups -OCH3 is 1. The van der Waals surface area contributed by atoms with Crippen LogP contribution in [0.5, 0.6) is 5.75 Å². The van der Waals surface area contributed by atoms with E-state index >= 15 is 0 Å². The van der Waals surface area contributed by atoms with Crippen LogP contribution >= 0.6 is 23.2 Å². The molecule has 0 spiro atoms. The average Bonchev–Trinajstić information content (AvgIpc) is 3.29. The van der Waals surface area contributed by atoms with E-state index in [1.165, 1.54) is 0 Å². The smallest absolute Gasteiger partial charge is 0.235 e. The minimum absolute atomic E-state index is 0.0315. The van der Waals surface area contributed by atoms with Gasteiger partial charge in [0.25, 0.3) is 0 Å². The number of hydrogen-bond acceptors (Lipinski definition) is 2. The predicted molar refractivity (Wildman–Crippen MR) is 89.0 cm³/mol. The highest BCUT2D eigenvalue weighted by Crippen LogP contribution is 2.49. The summed E-state index contributed by atoms with van der Waals surface area (Å²) in [4.78, 5) is 12.6. The lowest BCUT2D eigenvalue weighted by atomic mass is 9.95. The molecule has 5 heteroatoms. The Morgan fingerprint density at radius 1 is 1.18 bits per heavy atom. The van der Waals surface area contributed by atoms with Gasteiger partial charge in [0, 0.05) is 10.7 Å². The topological polar surface area (TPSA) is 38.3 Å². The van der Waals surface area contributed by atoms with Gasteiger partial charge in [0.1, 0.15) is 5.75 Å². The van der Waals surface area contributed by atoms with Gasteiger partial charge in [-0.05, 0) is 48.7 Å². The highest BCUT2D eigenvalue weighted by atomic mass is 35.5. The molecule has 3 rings (SSSR count). The van der Waals surface area contributed by atoms with Crippen molar-refractivity contribution in [1.29, 1.82) is 0 Å². The van der Waals surface area contributed by atoms with E-state index in [1.54, 1.807) is 25.3 Å². The Kier molecular flexibility index (Phi) is 4.02. The van der Waals surface area contributed by atoms with E-state index in [4.69, 9.17) is 27.9 Å². The van der Waals surface area contributed by atoms with Crippen molar-refractivity contribution in [2.24, 2.45) is 0 Å². The second-order valence-corrected chi connectivity index (χ2v) is 6.24. The fourth-order valence-electron chi connectivity index (χ4n) is 2.55. The van der Waals surface area contributed by atoms with E-state index in [1.807, 2.05) is 24.3 Å². The second-order valence-electron chi connectivity index (χ2n) is 5.40. The molecule has 0 aromatic heterocycles. The molecule has 3 nitrogen and oxygen atoms in total. The first-order valence-corrected chi connectivity index (χ1v) is 7.72. The first-order chi connectivity index (χ1) is 10.5. The van der Waals surface area contributed by atoms with Crippen LogP contribution in [0.3, 0.4) is 0 Å². The summed E-state index contributed by atoms with van der Waals surface area (Å²) in [7, 11) is 1.55. The number of halogens is 2. The molecule has 0 atom stereocenters. The zero-order valence-corrected chi connectivity index (χ0v) is 13.5. The molecule has 2 aromatic rings. The molecule has 1 N–H and O–H groups in total. The number of hydrogen-bond donors (Lipinski definition) is 1. The van der Waals surface area contributed by atoms with E-state index in [-0.39, 0.29) is 5.91 Å². The fourth-order valence-corrected chi connectivity index (χ4v) is 3.00. The molecule has 0 aliphatic heterocycles. The molecular weight excluding hydrogens is 321 g/mol. The molecule has 0 heterocycles. The maximum absolute atomic E-state index is 12.6. The van der Waals surface area contributed by atoms with Crippen molar-refractivity contribution in [3.63, 3.8) is 0 Å². The molecule has 1 aliphatic rings. The first-order valence-electron chi connectivity index (χ1n) is 6.96. The fraction of sp³-hybridized carbons (Fsp3) is 0.235. The number of carbonyl (C=O) groups excluding carboxylic acids is 1. The number of nitrogens with one attached hydrogen (secondary N) is 1. The molecular formula is C17H15Cl2NO2. The van der Waals surface area contributed by atoms with Crippen molar-refractivity contribution >= 4 is 34.8 Å². The Balaban J connectivity index is 1.81. The zero-order valence-electron chi connectivity index (χ0n) is 12.0. The molecule has 114 valence electrons. The maximum atomic E-state index is 12.6. The monoisotopic (exact) mass is 335 g/mol. The van der Waals surface area contributed by atoms with Crippen molar-refractivity contribution in [3.05, 3.63) is 58.1 Å². The van der Waals surface area contributed by atoms with Gasteiger partial charge in [0.05, 0.1) is 17.5 Å². The van der Waals surface area contributed by atoms with Crippen molar-refractivity contribution in [1.82, 2.24) is 0 Å².